The van der Waals surface area contributed by atoms with E-state index in [0.717, 1.165) is 19.3 Å². The van der Waals surface area contributed by atoms with Gasteiger partial charge >= 0.3 is 5.97 Å². The molecule has 1 atom stereocenters. The highest BCUT2D eigenvalue weighted by molar-refractivity contribution is 7.91. The van der Waals surface area contributed by atoms with Crippen molar-refractivity contribution in [3.63, 3.8) is 0 Å². The number of piperidine rings is 1. The molecule has 3 heterocycles. The lowest BCUT2D eigenvalue weighted by Crippen LogP contribution is -2.39. The van der Waals surface area contributed by atoms with Crippen LogP contribution in [-0.4, -0.2) is 96.6 Å². The number of hydrogen-bond acceptors (Lipinski definition) is 9. The van der Waals surface area contributed by atoms with Crippen LogP contribution in [0.4, 0.5) is 5.69 Å². The standard InChI is InChI=1S/C22H31N3O8S2/c26-21(23-17-6-13-34(28,29)16-17)15-33-22(27)19-14-18(35(30,31)25-7-2-1-3-8-25)4-5-20(19)24-9-11-32-12-10-24/h4-5,14,17H,1-3,6-13,15-16H2,(H,23,26)/t17-/m0/s1. The largest absolute Gasteiger partial charge is 0.452 e. The summed E-state index contributed by atoms with van der Waals surface area (Å²) in [6.45, 7) is 2.25. The quantitative estimate of drug-likeness (QED) is 0.489. The van der Waals surface area contributed by atoms with Gasteiger partial charge in [0.2, 0.25) is 10.0 Å². The Labute approximate surface area is 205 Å². The van der Waals surface area contributed by atoms with Crippen molar-refractivity contribution in [2.75, 3.05) is 62.4 Å². The third-order valence-electron chi connectivity index (χ3n) is 6.42. The van der Waals surface area contributed by atoms with Crippen LogP contribution < -0.4 is 10.2 Å². The van der Waals surface area contributed by atoms with Gasteiger partial charge in [-0.1, -0.05) is 6.42 Å². The van der Waals surface area contributed by atoms with E-state index in [4.69, 9.17) is 9.47 Å². The summed E-state index contributed by atoms with van der Waals surface area (Å²) in [7, 11) is -6.94. The molecule has 3 aliphatic rings. The summed E-state index contributed by atoms with van der Waals surface area (Å²) < 4.78 is 61.6. The van der Waals surface area contributed by atoms with Crippen LogP contribution in [0.15, 0.2) is 23.1 Å². The molecule has 13 heteroatoms. The minimum Gasteiger partial charge on any atom is -0.452 e. The molecule has 3 fully saturated rings. The van der Waals surface area contributed by atoms with Gasteiger partial charge in [-0.3, -0.25) is 4.79 Å². The van der Waals surface area contributed by atoms with Gasteiger partial charge < -0.3 is 19.7 Å². The predicted octanol–water partition coefficient (Wildman–Crippen LogP) is 0.158. The van der Waals surface area contributed by atoms with Gasteiger partial charge in [0.1, 0.15) is 0 Å². The number of rotatable bonds is 7. The number of nitrogens with zero attached hydrogens (tertiary/aromatic N) is 2. The number of morpholine rings is 1. The molecule has 1 N–H and O–H groups in total. The third-order valence-corrected chi connectivity index (χ3v) is 10.1. The number of sulfone groups is 1. The lowest BCUT2D eigenvalue weighted by atomic mass is 10.1. The number of benzene rings is 1. The first-order chi connectivity index (χ1) is 16.7. The van der Waals surface area contributed by atoms with E-state index < -0.39 is 44.4 Å². The van der Waals surface area contributed by atoms with Crippen LogP contribution in [0.3, 0.4) is 0 Å². The maximum Gasteiger partial charge on any atom is 0.340 e. The smallest absolute Gasteiger partial charge is 0.340 e. The number of anilines is 1. The Morgan fingerprint density at radius 2 is 1.80 bits per heavy atom. The van der Waals surface area contributed by atoms with Crippen LogP contribution in [0.5, 0.6) is 0 Å². The second-order valence-electron chi connectivity index (χ2n) is 8.99. The fourth-order valence-corrected chi connectivity index (χ4v) is 7.78. The van der Waals surface area contributed by atoms with Crippen molar-refractivity contribution < 1.29 is 35.9 Å². The van der Waals surface area contributed by atoms with Crippen molar-refractivity contribution in [2.24, 2.45) is 0 Å². The van der Waals surface area contributed by atoms with E-state index in [-0.39, 0.29) is 22.0 Å². The number of esters is 1. The van der Waals surface area contributed by atoms with Crippen molar-refractivity contribution in [3.05, 3.63) is 23.8 Å². The summed E-state index contributed by atoms with van der Waals surface area (Å²) in [5.41, 5.74) is 0.569. The fourth-order valence-electron chi connectivity index (χ4n) is 4.56. The van der Waals surface area contributed by atoms with E-state index >= 15 is 0 Å². The Hall–Kier alpha value is -2.22. The van der Waals surface area contributed by atoms with E-state index in [1.54, 1.807) is 6.07 Å². The molecule has 194 valence electrons. The minimum absolute atomic E-state index is 0.00368. The van der Waals surface area contributed by atoms with Gasteiger partial charge in [-0.05, 0) is 37.5 Å². The number of carbonyl (C=O) groups excluding carboxylic acids is 2. The van der Waals surface area contributed by atoms with Gasteiger partial charge in [-0.2, -0.15) is 4.31 Å². The maximum atomic E-state index is 13.2. The zero-order valence-electron chi connectivity index (χ0n) is 19.5. The highest BCUT2D eigenvalue weighted by Gasteiger charge is 2.31. The van der Waals surface area contributed by atoms with E-state index in [1.807, 2.05) is 4.90 Å². The Bertz CT molecular complexity index is 1160. The molecule has 35 heavy (non-hydrogen) atoms. The highest BCUT2D eigenvalue weighted by Crippen LogP contribution is 2.28. The van der Waals surface area contributed by atoms with Crippen LogP contribution in [0.25, 0.3) is 0 Å². The van der Waals surface area contributed by atoms with E-state index in [1.165, 1.54) is 16.4 Å². The van der Waals surface area contributed by atoms with Gasteiger partial charge in [0.25, 0.3) is 5.91 Å². The van der Waals surface area contributed by atoms with Crippen molar-refractivity contribution in [2.45, 2.75) is 36.6 Å². The molecule has 0 aliphatic carbocycles. The summed E-state index contributed by atoms with van der Waals surface area (Å²) in [6.07, 6.45) is 2.88. The number of sulfonamides is 1. The Kier molecular flexibility index (Phi) is 7.99. The number of hydrogen-bond donors (Lipinski definition) is 1. The number of amides is 1. The van der Waals surface area contributed by atoms with Crippen LogP contribution in [0, 0.1) is 0 Å². The number of nitrogens with one attached hydrogen (secondary N) is 1. The summed E-state index contributed by atoms with van der Waals surface area (Å²) in [5, 5.41) is 2.57. The zero-order chi connectivity index (χ0) is 25.1. The van der Waals surface area contributed by atoms with Gasteiger partial charge in [0.15, 0.2) is 16.4 Å². The average molecular weight is 530 g/mol. The lowest BCUT2D eigenvalue weighted by molar-refractivity contribution is -0.124. The second kappa shape index (κ2) is 10.8. The Morgan fingerprint density at radius 3 is 2.46 bits per heavy atom. The molecule has 1 aromatic carbocycles. The van der Waals surface area contributed by atoms with Crippen molar-refractivity contribution in [1.82, 2.24) is 9.62 Å². The molecule has 1 amide bonds. The molecule has 3 aliphatic heterocycles. The molecular formula is C22H31N3O8S2. The lowest BCUT2D eigenvalue weighted by Gasteiger charge is -2.31. The zero-order valence-corrected chi connectivity index (χ0v) is 21.1. The molecule has 4 rings (SSSR count). The van der Waals surface area contributed by atoms with Crippen LogP contribution in [0.1, 0.15) is 36.0 Å². The molecule has 0 aromatic heterocycles. The monoisotopic (exact) mass is 529 g/mol. The first-order valence-corrected chi connectivity index (χ1v) is 15.1. The first-order valence-electron chi connectivity index (χ1n) is 11.8. The SMILES string of the molecule is O=C(COC(=O)c1cc(S(=O)(=O)N2CCCCC2)ccc1N1CCOCC1)N[C@H]1CCS(=O)(=O)C1. The van der Waals surface area contributed by atoms with Crippen molar-refractivity contribution >= 4 is 37.4 Å². The average Bonchev–Trinajstić information content (AvgIpc) is 3.21. The number of carbonyl (C=O) groups is 2. The van der Waals surface area contributed by atoms with Gasteiger partial charge in [-0.25, -0.2) is 21.6 Å². The van der Waals surface area contributed by atoms with Crippen molar-refractivity contribution in [1.29, 1.82) is 0 Å². The van der Waals surface area contributed by atoms with Crippen molar-refractivity contribution in [3.8, 4) is 0 Å². The Morgan fingerprint density at radius 1 is 1.09 bits per heavy atom. The first kappa shape index (κ1) is 25.9. The molecule has 3 saturated heterocycles. The Balaban J connectivity index is 1.51. The van der Waals surface area contributed by atoms with E-state index in [2.05, 4.69) is 5.32 Å². The van der Waals surface area contributed by atoms with Crippen LogP contribution >= 0.6 is 0 Å². The molecule has 11 nitrogen and oxygen atoms in total. The predicted molar refractivity (Wildman–Crippen MR) is 128 cm³/mol. The number of ether oxygens (including phenoxy) is 2. The van der Waals surface area contributed by atoms with Gasteiger partial charge in [-0.15, -0.1) is 0 Å². The summed E-state index contributed by atoms with van der Waals surface area (Å²) in [4.78, 5) is 27.2. The summed E-state index contributed by atoms with van der Waals surface area (Å²) in [6, 6.07) is 3.91. The summed E-state index contributed by atoms with van der Waals surface area (Å²) >= 11 is 0. The third kappa shape index (κ3) is 6.32. The molecule has 0 bridgehead atoms. The molecular weight excluding hydrogens is 498 g/mol. The van der Waals surface area contributed by atoms with Gasteiger partial charge in [0, 0.05) is 32.2 Å². The maximum absolute atomic E-state index is 13.2. The molecule has 0 radical (unpaired) electrons. The molecule has 0 unspecified atom stereocenters. The fraction of sp³-hybridized carbons (Fsp3) is 0.636. The van der Waals surface area contributed by atoms with Crippen LogP contribution in [0.2, 0.25) is 0 Å². The normalized spacial score (nSPS) is 23.1. The molecule has 0 saturated carbocycles. The molecule has 0 spiro atoms. The topological polar surface area (TPSA) is 139 Å². The van der Waals surface area contributed by atoms with Gasteiger partial charge in [0.05, 0.1) is 40.9 Å². The molecule has 1 aromatic rings. The van der Waals surface area contributed by atoms with E-state index in [9.17, 15) is 26.4 Å². The second-order valence-corrected chi connectivity index (χ2v) is 13.2. The minimum atomic E-state index is -3.78. The van der Waals surface area contributed by atoms with E-state index in [0.29, 0.717) is 51.5 Å². The van der Waals surface area contributed by atoms with Crippen LogP contribution in [-0.2, 0) is 34.1 Å². The summed E-state index contributed by atoms with van der Waals surface area (Å²) in [5.74, 6) is -1.55. The highest BCUT2D eigenvalue weighted by atomic mass is 32.2.